The van der Waals surface area contributed by atoms with Gasteiger partial charge in [-0.1, -0.05) is 32.0 Å². The number of phenolic OH excluding ortho intramolecular Hbond substituents is 2. The molecule has 2 aliphatic carbocycles. The molecule has 0 bridgehead atoms. The Hall–Kier alpha value is -6.41. The Morgan fingerprint density at radius 1 is 0.761 bits per heavy atom. The van der Waals surface area contributed by atoms with Gasteiger partial charge in [-0.25, -0.2) is 9.48 Å². The molecular formula is C53H62N6O11S. The molecule has 17 nitrogen and oxygen atoms in total. The van der Waals surface area contributed by atoms with Crippen molar-refractivity contribution >= 4 is 46.4 Å². The Morgan fingerprint density at radius 3 is 1.94 bits per heavy atom. The Labute approximate surface area is 418 Å². The molecule has 0 radical (unpaired) electrons. The lowest BCUT2D eigenvalue weighted by molar-refractivity contribution is -0.0110. The number of Topliss-reactive ketones (excluding diaryl/α,β-unsaturated/α-hetero) is 1. The van der Waals surface area contributed by atoms with Gasteiger partial charge in [-0.05, 0) is 116 Å². The summed E-state index contributed by atoms with van der Waals surface area (Å²) >= 11 is 5.52. The third-order valence-corrected chi connectivity index (χ3v) is 12.9. The molecule has 0 fully saturated rings. The molecular weight excluding hydrogens is 929 g/mol. The fourth-order valence-electron chi connectivity index (χ4n) is 9.55. The molecule has 4 aromatic carbocycles. The maximum atomic E-state index is 13.5. The number of anilines is 2. The van der Waals surface area contributed by atoms with Crippen LogP contribution in [-0.2, 0) is 46.9 Å². The van der Waals surface area contributed by atoms with Crippen LogP contribution in [0, 0.1) is 12.3 Å². The van der Waals surface area contributed by atoms with E-state index < -0.39 is 17.5 Å². The number of thiocarbonyl (C=S) groups is 1. The van der Waals surface area contributed by atoms with Crippen molar-refractivity contribution in [1.29, 1.82) is 0 Å². The number of hydrogen-bond acceptors (Lipinski definition) is 14. The number of nitrogens with two attached hydrogens (primary N) is 1. The SMILES string of the molecule is Cc1nn(-c2ccc(C(N)=O)c(NCCCOCCOCCOCCOCCOCCCNC(=S)Nc3ccc4c(c3)C(=O)OC43c4ccc(O)cc4Cc4cc(O)ccc43)c2)c2c1C(=O)CC(C)(C)C2. The van der Waals surface area contributed by atoms with Gasteiger partial charge in [-0.15, -0.1) is 0 Å². The van der Waals surface area contributed by atoms with Crippen molar-refractivity contribution in [2.24, 2.45) is 11.1 Å². The molecule has 1 aromatic heterocycles. The lowest BCUT2D eigenvalue weighted by atomic mass is 9.71. The molecule has 71 heavy (non-hydrogen) atoms. The quantitative estimate of drug-likeness (QED) is 0.0221. The molecule has 0 unspecified atom stereocenters. The summed E-state index contributed by atoms with van der Waals surface area (Å²) < 4.78 is 36.3. The van der Waals surface area contributed by atoms with Gasteiger partial charge >= 0.3 is 5.97 Å². The van der Waals surface area contributed by atoms with Gasteiger partial charge in [0.05, 0.1) is 86.6 Å². The van der Waals surface area contributed by atoms with E-state index in [1.165, 1.54) is 0 Å². The van der Waals surface area contributed by atoms with Crippen LogP contribution in [-0.4, -0.2) is 122 Å². The highest BCUT2D eigenvalue weighted by molar-refractivity contribution is 7.80. The number of primary amides is 1. The van der Waals surface area contributed by atoms with Crippen molar-refractivity contribution < 1.29 is 53.0 Å². The van der Waals surface area contributed by atoms with Gasteiger partial charge in [0.15, 0.2) is 16.5 Å². The van der Waals surface area contributed by atoms with Crippen molar-refractivity contribution in [2.75, 3.05) is 89.8 Å². The lowest BCUT2D eigenvalue weighted by Crippen LogP contribution is -2.35. The molecule has 8 rings (SSSR count). The second-order valence-electron chi connectivity index (χ2n) is 18.6. The maximum absolute atomic E-state index is 13.5. The monoisotopic (exact) mass is 990 g/mol. The summed E-state index contributed by atoms with van der Waals surface area (Å²) in [6.45, 7) is 11.7. The first-order valence-electron chi connectivity index (χ1n) is 24.0. The summed E-state index contributed by atoms with van der Waals surface area (Å²) in [7, 11) is 0. The zero-order chi connectivity index (χ0) is 50.1. The lowest BCUT2D eigenvalue weighted by Gasteiger charge is -2.37. The predicted molar refractivity (Wildman–Crippen MR) is 270 cm³/mol. The summed E-state index contributed by atoms with van der Waals surface area (Å²) in [5, 5.41) is 35.2. The normalized spacial score (nSPS) is 14.9. The largest absolute Gasteiger partial charge is 0.508 e. The van der Waals surface area contributed by atoms with E-state index >= 15 is 0 Å². The summed E-state index contributed by atoms with van der Waals surface area (Å²) in [5.74, 6) is -0.682. The third-order valence-electron chi connectivity index (χ3n) is 12.7. The van der Waals surface area contributed by atoms with Crippen molar-refractivity contribution in [2.45, 2.75) is 58.5 Å². The minimum absolute atomic E-state index is 0.109. The fourth-order valence-corrected chi connectivity index (χ4v) is 9.77. The molecule has 18 heteroatoms. The Balaban J connectivity index is 0.633. The average molecular weight is 991 g/mol. The fraction of sp³-hybridized carbons (Fsp3) is 0.415. The predicted octanol–water partition coefficient (Wildman–Crippen LogP) is 6.47. The molecule has 7 N–H and O–H groups in total. The van der Waals surface area contributed by atoms with E-state index in [0.717, 1.165) is 40.1 Å². The van der Waals surface area contributed by atoms with Gasteiger partial charge in [0.25, 0.3) is 5.91 Å². The second-order valence-corrected chi connectivity index (χ2v) is 19.0. The summed E-state index contributed by atoms with van der Waals surface area (Å²) in [6, 6.07) is 20.9. The highest BCUT2D eigenvalue weighted by Crippen LogP contribution is 2.53. The summed E-state index contributed by atoms with van der Waals surface area (Å²) in [5.41, 5.74) is 13.2. The molecule has 0 atom stereocenters. The minimum Gasteiger partial charge on any atom is -0.508 e. The topological polar surface area (TPSA) is 227 Å². The molecule has 2 heterocycles. The smallest absolute Gasteiger partial charge is 0.340 e. The number of nitrogens with zero attached hydrogens (tertiary/aromatic N) is 2. The van der Waals surface area contributed by atoms with Gasteiger partial charge in [-0.3, -0.25) is 9.59 Å². The molecule has 0 saturated heterocycles. The Bertz CT molecular complexity index is 2720. The Kier molecular flexibility index (Phi) is 16.3. The number of amides is 1. The first-order chi connectivity index (χ1) is 34.2. The summed E-state index contributed by atoms with van der Waals surface area (Å²) in [4.78, 5) is 38.6. The minimum atomic E-state index is -1.21. The van der Waals surface area contributed by atoms with Crippen molar-refractivity contribution in [3.63, 3.8) is 0 Å². The van der Waals surface area contributed by atoms with Crippen LogP contribution >= 0.6 is 12.2 Å². The van der Waals surface area contributed by atoms with Crippen molar-refractivity contribution in [1.82, 2.24) is 15.1 Å². The summed E-state index contributed by atoms with van der Waals surface area (Å²) in [6.07, 6.45) is 3.09. The zero-order valence-corrected chi connectivity index (χ0v) is 41.2. The van der Waals surface area contributed by atoms with Crippen LogP contribution in [0.3, 0.4) is 0 Å². The number of aromatic hydroxyl groups is 2. The number of aryl methyl sites for hydroxylation is 1. The van der Waals surface area contributed by atoms with E-state index in [4.69, 9.17) is 51.5 Å². The van der Waals surface area contributed by atoms with Gasteiger partial charge in [0, 0.05) is 60.8 Å². The van der Waals surface area contributed by atoms with E-state index in [-0.39, 0.29) is 22.7 Å². The van der Waals surface area contributed by atoms with Crippen molar-refractivity contribution in [3.05, 3.63) is 129 Å². The van der Waals surface area contributed by atoms with Gasteiger partial charge < -0.3 is 60.3 Å². The number of esters is 1. The van der Waals surface area contributed by atoms with Crippen LogP contribution in [0.15, 0.2) is 72.8 Å². The molecule has 1 aliphatic heterocycles. The molecule has 376 valence electrons. The number of benzene rings is 4. The third kappa shape index (κ3) is 11.9. The second kappa shape index (κ2) is 22.8. The van der Waals surface area contributed by atoms with E-state index in [1.54, 1.807) is 54.6 Å². The van der Waals surface area contributed by atoms with Crippen molar-refractivity contribution in [3.8, 4) is 17.2 Å². The maximum Gasteiger partial charge on any atom is 0.340 e. The molecule has 1 spiro atoms. The number of ketones is 1. The van der Waals surface area contributed by atoms with E-state index in [1.807, 2.05) is 29.8 Å². The number of carbonyl (C=O) groups excluding carboxylic acids is 3. The highest BCUT2D eigenvalue weighted by atomic mass is 32.1. The van der Waals surface area contributed by atoms with E-state index in [0.29, 0.717) is 149 Å². The average Bonchev–Trinajstić information content (AvgIpc) is 3.80. The van der Waals surface area contributed by atoms with Gasteiger partial charge in [0.2, 0.25) is 0 Å². The zero-order valence-electron chi connectivity index (χ0n) is 40.4. The number of fused-ring (bicyclic) bond motifs is 7. The Morgan fingerprint density at radius 2 is 1.34 bits per heavy atom. The van der Waals surface area contributed by atoms with Gasteiger partial charge in [0.1, 0.15) is 11.5 Å². The number of hydrogen-bond donors (Lipinski definition) is 6. The van der Waals surface area contributed by atoms with Crippen LogP contribution in [0.2, 0.25) is 0 Å². The van der Waals surface area contributed by atoms with Crippen LogP contribution in [0.4, 0.5) is 11.4 Å². The van der Waals surface area contributed by atoms with Crippen LogP contribution in [0.25, 0.3) is 5.69 Å². The molecule has 3 aliphatic rings. The number of rotatable bonds is 24. The van der Waals surface area contributed by atoms with Gasteiger partial charge in [-0.2, -0.15) is 5.10 Å². The number of nitrogens with one attached hydrogen (secondary N) is 3. The first-order valence-corrected chi connectivity index (χ1v) is 24.4. The van der Waals surface area contributed by atoms with E-state index in [9.17, 15) is 24.6 Å². The van der Waals surface area contributed by atoms with Crippen LogP contribution in [0.5, 0.6) is 11.5 Å². The molecule has 1 amide bonds. The standard InChI is InChI=1S/C53H62N6O11S/c1-33-48-46(31-52(2,3)32-47(48)62)59(58-33)37-7-10-40(49(54)63)45(30-37)55-14-4-16-65-18-20-67-22-24-69-25-23-68-21-19-66-17-5-15-56-51(71)57-36-6-11-44-41(29-36)50(64)70-53(44)42-12-8-38(60)27-34(42)26-35-28-39(61)9-13-43(35)53/h6-13,27-30,55,60-61H,4-5,14-26,31-32H2,1-3H3,(H2,54,63)(H2,56,57,71). The van der Waals surface area contributed by atoms with E-state index in [2.05, 4.69) is 29.8 Å². The number of phenols is 2. The van der Waals surface area contributed by atoms with Crippen LogP contribution < -0.4 is 21.7 Å². The first kappa shape index (κ1) is 51.0. The molecule has 0 saturated carbocycles. The number of ether oxygens (including phenoxy) is 6. The number of aromatic nitrogens is 2. The number of carbonyl (C=O) groups is 3. The van der Waals surface area contributed by atoms with Crippen LogP contribution in [0.1, 0.15) is 103 Å². The molecule has 5 aromatic rings. The highest BCUT2D eigenvalue weighted by Gasteiger charge is 2.52.